The summed E-state index contributed by atoms with van der Waals surface area (Å²) in [6, 6.07) is 13.5. The van der Waals surface area contributed by atoms with E-state index >= 15 is 0 Å². The molecule has 0 unspecified atom stereocenters. The molecule has 3 aromatic heterocycles. The highest BCUT2D eigenvalue weighted by Crippen LogP contribution is 2.47. The van der Waals surface area contributed by atoms with Crippen LogP contribution in [0.1, 0.15) is 12.8 Å². The Morgan fingerprint density at radius 1 is 1.22 bits per heavy atom. The van der Waals surface area contributed by atoms with Crippen molar-refractivity contribution in [2.45, 2.75) is 18.4 Å². The number of nitrogens with two attached hydrogens (primary N) is 1. The van der Waals surface area contributed by atoms with Crippen LogP contribution >= 0.6 is 0 Å². The molecule has 1 aliphatic carbocycles. The first-order valence-electron chi connectivity index (χ1n) is 11.4. The highest BCUT2D eigenvalue weighted by Gasteiger charge is 2.49. The van der Waals surface area contributed by atoms with E-state index in [1.807, 2.05) is 30.3 Å². The Bertz CT molecular complexity index is 1650. The van der Waals surface area contributed by atoms with Gasteiger partial charge < -0.3 is 15.7 Å². The molecule has 9 nitrogen and oxygen atoms in total. The van der Waals surface area contributed by atoms with Gasteiger partial charge in [0.25, 0.3) is 0 Å². The standard InChI is InChI=1S/C26H22FN7O2/c1-2-20(36)33(18-6-4-3-5-7-18)14-26(9-10-26)34-24-21(23(28)29-15-30-24)25(31-34)32-11-8-16-12-17(27)13-19(35)22(16)32/h2-8,11-13,15,35H,1,9-10,14H2,(H2,28,29,30). The minimum absolute atomic E-state index is 0.221. The fraction of sp³-hybridized carbons (Fsp3) is 0.154. The summed E-state index contributed by atoms with van der Waals surface area (Å²) in [5.74, 6) is -0.348. The molecule has 0 bridgehead atoms. The quantitative estimate of drug-likeness (QED) is 0.354. The Kier molecular flexibility index (Phi) is 4.78. The molecule has 5 aromatic rings. The number of amides is 1. The molecule has 180 valence electrons. The lowest BCUT2D eigenvalue weighted by Gasteiger charge is -2.27. The molecule has 3 heterocycles. The molecular formula is C26H22FN7O2. The van der Waals surface area contributed by atoms with Gasteiger partial charge >= 0.3 is 0 Å². The predicted molar refractivity (Wildman–Crippen MR) is 134 cm³/mol. The number of fused-ring (bicyclic) bond motifs is 2. The van der Waals surface area contributed by atoms with Crippen LogP contribution in [-0.4, -0.2) is 41.9 Å². The number of carbonyl (C=O) groups excluding carboxylic acids is 1. The molecule has 1 saturated carbocycles. The summed E-state index contributed by atoms with van der Waals surface area (Å²) in [6.07, 6.45) is 5.90. The maximum atomic E-state index is 13.9. The fourth-order valence-corrected chi connectivity index (χ4v) is 4.75. The number of halogens is 1. The van der Waals surface area contributed by atoms with Crippen molar-refractivity contribution >= 4 is 39.3 Å². The summed E-state index contributed by atoms with van der Waals surface area (Å²) < 4.78 is 17.3. The molecule has 0 atom stereocenters. The van der Waals surface area contributed by atoms with Gasteiger partial charge in [0, 0.05) is 23.3 Å². The van der Waals surface area contributed by atoms with Crippen LogP contribution in [0.4, 0.5) is 15.9 Å². The molecular weight excluding hydrogens is 461 g/mol. The first-order valence-corrected chi connectivity index (χ1v) is 11.4. The first kappa shape index (κ1) is 21.8. The monoisotopic (exact) mass is 483 g/mol. The zero-order chi connectivity index (χ0) is 25.0. The van der Waals surface area contributed by atoms with Crippen LogP contribution in [-0.2, 0) is 10.3 Å². The Morgan fingerprint density at radius 2 is 2.00 bits per heavy atom. The van der Waals surface area contributed by atoms with Gasteiger partial charge in [-0.25, -0.2) is 19.0 Å². The molecule has 0 radical (unpaired) electrons. The lowest BCUT2D eigenvalue weighted by Crippen LogP contribution is -2.40. The van der Waals surface area contributed by atoms with Gasteiger partial charge in [-0.05, 0) is 43.2 Å². The fourth-order valence-electron chi connectivity index (χ4n) is 4.75. The van der Waals surface area contributed by atoms with E-state index in [1.165, 1.54) is 18.5 Å². The number of phenolic OH excluding ortho intramolecular Hbond substituents is 1. The summed E-state index contributed by atoms with van der Waals surface area (Å²) in [6.45, 7) is 4.02. The van der Waals surface area contributed by atoms with Crippen LogP contribution in [0, 0.1) is 5.82 Å². The molecule has 2 aromatic carbocycles. The van der Waals surface area contributed by atoms with Crippen molar-refractivity contribution in [3.05, 3.63) is 79.5 Å². The molecule has 0 spiro atoms. The van der Waals surface area contributed by atoms with E-state index in [-0.39, 0.29) is 17.5 Å². The van der Waals surface area contributed by atoms with Crippen LogP contribution in [0.25, 0.3) is 27.8 Å². The molecule has 0 saturated heterocycles. The number of hydrogen-bond acceptors (Lipinski definition) is 6. The zero-order valence-corrected chi connectivity index (χ0v) is 19.2. The van der Waals surface area contributed by atoms with Crippen molar-refractivity contribution in [3.63, 3.8) is 0 Å². The van der Waals surface area contributed by atoms with Crippen molar-refractivity contribution in [2.75, 3.05) is 17.2 Å². The number of aromatic hydroxyl groups is 1. The van der Waals surface area contributed by atoms with Gasteiger partial charge in [0.2, 0.25) is 5.91 Å². The van der Waals surface area contributed by atoms with E-state index in [9.17, 15) is 14.3 Å². The van der Waals surface area contributed by atoms with Gasteiger partial charge in [0.1, 0.15) is 29.1 Å². The average molecular weight is 484 g/mol. The number of anilines is 2. The normalized spacial score (nSPS) is 14.2. The number of nitrogen functional groups attached to an aromatic ring is 1. The van der Waals surface area contributed by atoms with Gasteiger partial charge in [0.15, 0.2) is 11.5 Å². The summed E-state index contributed by atoms with van der Waals surface area (Å²) >= 11 is 0. The molecule has 1 aliphatic rings. The molecule has 0 aliphatic heterocycles. The second-order valence-corrected chi connectivity index (χ2v) is 8.93. The largest absolute Gasteiger partial charge is 0.506 e. The third-order valence-electron chi connectivity index (χ3n) is 6.67. The maximum Gasteiger partial charge on any atom is 0.250 e. The van der Waals surface area contributed by atoms with Crippen LogP contribution in [0.3, 0.4) is 0 Å². The van der Waals surface area contributed by atoms with Crippen molar-refractivity contribution in [1.82, 2.24) is 24.3 Å². The minimum atomic E-state index is -0.541. The van der Waals surface area contributed by atoms with Gasteiger partial charge in [-0.1, -0.05) is 24.8 Å². The lowest BCUT2D eigenvalue weighted by atomic mass is 10.2. The smallest absolute Gasteiger partial charge is 0.250 e. The van der Waals surface area contributed by atoms with Crippen molar-refractivity contribution in [2.24, 2.45) is 0 Å². The van der Waals surface area contributed by atoms with E-state index in [1.54, 1.807) is 26.4 Å². The number of hydrogen-bond donors (Lipinski definition) is 2. The van der Waals surface area contributed by atoms with Crippen LogP contribution in [0.15, 0.2) is 73.7 Å². The van der Waals surface area contributed by atoms with Crippen LogP contribution in [0.2, 0.25) is 0 Å². The van der Waals surface area contributed by atoms with E-state index < -0.39 is 11.4 Å². The van der Waals surface area contributed by atoms with Crippen molar-refractivity contribution in [1.29, 1.82) is 0 Å². The van der Waals surface area contributed by atoms with Gasteiger partial charge in [-0.3, -0.25) is 9.36 Å². The van der Waals surface area contributed by atoms with E-state index in [0.717, 1.165) is 24.6 Å². The molecule has 10 heteroatoms. The predicted octanol–water partition coefficient (Wildman–Crippen LogP) is 3.91. The molecule has 36 heavy (non-hydrogen) atoms. The van der Waals surface area contributed by atoms with Gasteiger partial charge in [-0.15, -0.1) is 0 Å². The third kappa shape index (κ3) is 3.29. The minimum Gasteiger partial charge on any atom is -0.506 e. The van der Waals surface area contributed by atoms with Gasteiger partial charge in [0.05, 0.1) is 17.6 Å². The second kappa shape index (κ2) is 7.91. The molecule has 1 amide bonds. The summed E-state index contributed by atoms with van der Waals surface area (Å²) in [4.78, 5) is 23.2. The second-order valence-electron chi connectivity index (χ2n) is 8.93. The summed E-state index contributed by atoms with van der Waals surface area (Å²) in [5.41, 5.74) is 7.42. The Balaban J connectivity index is 1.52. The Morgan fingerprint density at radius 3 is 2.72 bits per heavy atom. The SMILES string of the molecule is C=CC(=O)N(CC1(n2nc(-n3ccc4cc(F)cc(O)c43)c3c(N)ncnc32)CC1)c1ccccc1. The van der Waals surface area contributed by atoms with Crippen molar-refractivity contribution < 1.29 is 14.3 Å². The zero-order valence-electron chi connectivity index (χ0n) is 19.2. The van der Waals surface area contributed by atoms with E-state index in [4.69, 9.17) is 10.8 Å². The van der Waals surface area contributed by atoms with E-state index in [0.29, 0.717) is 34.3 Å². The van der Waals surface area contributed by atoms with Crippen LogP contribution < -0.4 is 10.6 Å². The van der Waals surface area contributed by atoms with Crippen LogP contribution in [0.5, 0.6) is 5.75 Å². The number of aromatic nitrogens is 5. The number of nitrogens with zero attached hydrogens (tertiary/aromatic N) is 6. The highest BCUT2D eigenvalue weighted by molar-refractivity contribution is 6.01. The number of carbonyl (C=O) groups is 1. The Hall–Kier alpha value is -4.73. The van der Waals surface area contributed by atoms with Crippen molar-refractivity contribution in [3.8, 4) is 11.6 Å². The average Bonchev–Trinajstić information content (AvgIpc) is 3.35. The summed E-state index contributed by atoms with van der Waals surface area (Å²) in [7, 11) is 0. The number of para-hydroxylation sites is 1. The molecule has 6 rings (SSSR count). The third-order valence-corrected chi connectivity index (χ3v) is 6.67. The van der Waals surface area contributed by atoms with E-state index in [2.05, 4.69) is 16.5 Å². The number of benzene rings is 2. The highest BCUT2D eigenvalue weighted by atomic mass is 19.1. The molecule has 3 N–H and O–H groups in total. The number of rotatable bonds is 6. The first-order chi connectivity index (χ1) is 17.4. The number of phenols is 1. The molecule has 1 fully saturated rings. The van der Waals surface area contributed by atoms with Gasteiger partial charge in [-0.2, -0.15) is 5.10 Å². The topological polar surface area (TPSA) is 115 Å². The lowest BCUT2D eigenvalue weighted by molar-refractivity contribution is -0.114. The maximum absolute atomic E-state index is 13.9. The summed E-state index contributed by atoms with van der Waals surface area (Å²) in [5, 5.41) is 16.4. The Labute approximate surface area is 204 Å².